The number of thiazole rings is 1. The van der Waals surface area contributed by atoms with Crippen LogP contribution < -0.4 is 15.7 Å². The van der Waals surface area contributed by atoms with Crippen LogP contribution in [0.5, 0.6) is 0 Å². The molecule has 41 heavy (non-hydrogen) atoms. The number of amides is 2. The van der Waals surface area contributed by atoms with E-state index in [0.29, 0.717) is 29.4 Å². The highest BCUT2D eigenvalue weighted by Gasteiger charge is 2.54. The topological polar surface area (TPSA) is 200 Å². The number of nitrogens with one attached hydrogen (secondary N) is 1. The molecule has 2 unspecified atom stereocenters. The number of nitrogens with zero attached hydrogens (tertiary/aromatic N) is 6. The van der Waals surface area contributed by atoms with E-state index in [1.807, 2.05) is 34.0 Å². The quantitative estimate of drug-likeness (QED) is 0.0792. The first kappa shape index (κ1) is 29.2. The Morgan fingerprint density at radius 3 is 2.83 bits per heavy atom. The third kappa shape index (κ3) is 5.74. The largest absolute Gasteiger partial charge is 0.477 e. The number of oxime groups is 1. The lowest BCUT2D eigenvalue weighted by Gasteiger charge is -2.49. The van der Waals surface area contributed by atoms with E-state index in [4.69, 9.17) is 5.73 Å². The number of carbonyl (C=O) groups excluding carboxylic acids is 2. The van der Waals surface area contributed by atoms with Gasteiger partial charge in [-0.3, -0.25) is 14.5 Å². The standard InChI is InChI=1S/C23H24N8O6S4/c1-11-2-3-30(29(11)4-5-32)14-10-39-15(6-25-14)38-7-12-8-40-21-17(20(34)31(21)18(12)22(35)36)27-19(33)16(28-37)13-9-41-23(24)26-13/h2-3,6,9-10,15,17,21,32H,4-5,7-8H2,1H3,(H4-,24,26,27,33,35,36,37)/p+1/t15?,17-,21?/m1/s1. The third-order valence-corrected chi connectivity index (χ3v) is 10.8. The number of carbonyl (C=O) groups is 3. The zero-order chi connectivity index (χ0) is 29.3. The van der Waals surface area contributed by atoms with Gasteiger partial charge in [0.1, 0.15) is 39.8 Å². The summed E-state index contributed by atoms with van der Waals surface area (Å²) in [6.07, 6.45) is 3.67. The fraction of sp³-hybridized carbons (Fsp3) is 0.348. The number of nitrogen functional groups attached to an aromatic ring is 1. The number of carboxylic acids is 1. The van der Waals surface area contributed by atoms with Crippen LogP contribution in [-0.2, 0) is 20.9 Å². The molecule has 0 saturated carbocycles. The summed E-state index contributed by atoms with van der Waals surface area (Å²) >= 11 is 5.45. The number of thioether (sulfide) groups is 3. The van der Waals surface area contributed by atoms with Gasteiger partial charge in [0.2, 0.25) is 0 Å². The highest BCUT2D eigenvalue weighted by atomic mass is 32.2. The molecule has 5 heterocycles. The number of aryl methyl sites for hydroxylation is 1. The molecular formula is C23H25N8O6S4+. The predicted octanol–water partition coefficient (Wildman–Crippen LogP) is 0.365. The summed E-state index contributed by atoms with van der Waals surface area (Å²) in [6, 6.07) is 0.953. The molecule has 2 aromatic heterocycles. The maximum absolute atomic E-state index is 13.0. The number of anilines is 1. The number of fused-ring (bicyclic) bond motifs is 1. The second kappa shape index (κ2) is 12.3. The highest BCUT2D eigenvalue weighted by Crippen LogP contribution is 2.42. The molecule has 0 radical (unpaired) electrons. The van der Waals surface area contributed by atoms with E-state index in [0.717, 1.165) is 17.0 Å². The Labute approximate surface area is 250 Å². The van der Waals surface area contributed by atoms with Gasteiger partial charge in [-0.2, -0.15) is 0 Å². The number of hydrogen-bond donors (Lipinski definition) is 5. The van der Waals surface area contributed by atoms with Crippen molar-refractivity contribution in [3.05, 3.63) is 45.7 Å². The van der Waals surface area contributed by atoms with Crippen LogP contribution in [0, 0.1) is 6.92 Å². The van der Waals surface area contributed by atoms with Crippen molar-refractivity contribution in [3.63, 3.8) is 0 Å². The summed E-state index contributed by atoms with van der Waals surface area (Å²) in [4.78, 5) is 47.6. The van der Waals surface area contributed by atoms with Crippen LogP contribution in [0.15, 0.2) is 44.5 Å². The second-order valence-corrected chi connectivity index (χ2v) is 13.3. The zero-order valence-corrected chi connectivity index (χ0v) is 24.7. The lowest BCUT2D eigenvalue weighted by Crippen LogP contribution is -2.71. The minimum absolute atomic E-state index is 0.00472. The van der Waals surface area contributed by atoms with Crippen molar-refractivity contribution >= 4 is 87.3 Å². The maximum atomic E-state index is 13.0. The van der Waals surface area contributed by atoms with E-state index in [1.165, 1.54) is 45.6 Å². The van der Waals surface area contributed by atoms with Crippen LogP contribution in [-0.4, -0.2) is 93.8 Å². The summed E-state index contributed by atoms with van der Waals surface area (Å²) in [5, 5.41) is 37.1. The Balaban J connectivity index is 1.22. The molecule has 0 spiro atoms. The van der Waals surface area contributed by atoms with Gasteiger partial charge < -0.3 is 26.5 Å². The van der Waals surface area contributed by atoms with E-state index >= 15 is 0 Å². The number of rotatable bonds is 10. The summed E-state index contributed by atoms with van der Waals surface area (Å²) < 4.78 is 3.72. The number of β-lactam (4-membered cyclic amide) rings is 1. The predicted molar refractivity (Wildman–Crippen MR) is 158 cm³/mol. The number of carboxylic acid groups (broad SMARTS) is 1. The Morgan fingerprint density at radius 1 is 1.39 bits per heavy atom. The Morgan fingerprint density at radius 2 is 2.20 bits per heavy atom. The number of aliphatic imine (C=N–C) groups is 1. The Hall–Kier alpha value is -3.32. The van der Waals surface area contributed by atoms with Gasteiger partial charge in [-0.1, -0.05) is 5.16 Å². The van der Waals surface area contributed by atoms with E-state index in [1.54, 1.807) is 6.21 Å². The van der Waals surface area contributed by atoms with Gasteiger partial charge in [0.15, 0.2) is 10.8 Å². The van der Waals surface area contributed by atoms with Crippen LogP contribution in [0.3, 0.4) is 0 Å². The van der Waals surface area contributed by atoms with Crippen LogP contribution in [0.4, 0.5) is 5.13 Å². The van der Waals surface area contributed by atoms with Crippen molar-refractivity contribution in [3.8, 4) is 0 Å². The normalized spacial score (nSPS) is 22.3. The monoisotopic (exact) mass is 637 g/mol. The number of aliphatic carboxylic acids is 1. The average molecular weight is 638 g/mol. The van der Waals surface area contributed by atoms with Crippen LogP contribution >= 0.6 is 46.6 Å². The van der Waals surface area contributed by atoms with Crippen molar-refractivity contribution in [1.29, 1.82) is 0 Å². The van der Waals surface area contributed by atoms with Crippen molar-refractivity contribution < 1.29 is 34.5 Å². The molecule has 18 heteroatoms. The molecule has 2 amide bonds. The lowest BCUT2D eigenvalue weighted by molar-refractivity contribution is -0.673. The van der Waals surface area contributed by atoms with Crippen LogP contribution in [0.2, 0.25) is 0 Å². The number of hydrogen-bond acceptors (Lipinski definition) is 13. The SMILES string of the molecule is Cc1cc[n+](C2=CSC(SCC3=C(C(=O)O)N4C(=O)[C@@H](NC(=O)/C(=N\O)c5csc(N)n5)C4SC3)C=N2)n1CCO. The van der Waals surface area contributed by atoms with E-state index in [-0.39, 0.29) is 27.7 Å². The summed E-state index contributed by atoms with van der Waals surface area (Å²) in [6.45, 7) is 2.39. The number of aliphatic hydroxyl groups is 1. The molecule has 0 bridgehead atoms. The first-order valence-electron chi connectivity index (χ1n) is 12.1. The molecule has 1 fully saturated rings. The molecule has 0 aromatic carbocycles. The Kier molecular flexibility index (Phi) is 8.74. The lowest BCUT2D eigenvalue weighted by atomic mass is 10.0. The van der Waals surface area contributed by atoms with Crippen molar-refractivity contribution in [2.24, 2.45) is 10.1 Å². The molecule has 6 N–H and O–H groups in total. The summed E-state index contributed by atoms with van der Waals surface area (Å²) in [5.74, 6) is -1.17. The van der Waals surface area contributed by atoms with Gasteiger partial charge in [-0.25, -0.2) is 14.5 Å². The molecule has 0 aliphatic carbocycles. The second-order valence-electron chi connectivity index (χ2n) is 8.86. The molecule has 14 nitrogen and oxygen atoms in total. The van der Waals surface area contributed by atoms with Crippen LogP contribution in [0.25, 0.3) is 5.82 Å². The van der Waals surface area contributed by atoms with Gasteiger partial charge >= 0.3 is 11.8 Å². The molecule has 2 aromatic rings. The molecule has 3 atom stereocenters. The molecule has 216 valence electrons. The number of aliphatic hydroxyl groups excluding tert-OH is 1. The van der Waals surface area contributed by atoms with Gasteiger partial charge in [0, 0.05) is 23.0 Å². The number of nitrogens with two attached hydrogens (primary N) is 1. The molecule has 5 rings (SSSR count). The summed E-state index contributed by atoms with van der Waals surface area (Å²) in [7, 11) is 0. The Bertz CT molecular complexity index is 1510. The van der Waals surface area contributed by atoms with Crippen molar-refractivity contribution in [1.82, 2.24) is 19.9 Å². The highest BCUT2D eigenvalue weighted by molar-refractivity contribution is 8.19. The smallest absolute Gasteiger partial charge is 0.352 e. The molecule has 3 aliphatic rings. The first-order chi connectivity index (χ1) is 19.7. The molecule has 1 saturated heterocycles. The van der Waals surface area contributed by atoms with E-state index in [2.05, 4.69) is 20.4 Å². The maximum Gasteiger partial charge on any atom is 0.352 e. The average Bonchev–Trinajstić information content (AvgIpc) is 3.55. The van der Waals surface area contributed by atoms with Gasteiger partial charge in [0.25, 0.3) is 11.8 Å². The van der Waals surface area contributed by atoms with Crippen molar-refractivity contribution in [2.45, 2.75) is 29.5 Å². The molecule has 3 aliphatic heterocycles. The fourth-order valence-corrected chi connectivity index (χ4v) is 8.43. The number of aromatic nitrogens is 3. The van der Waals surface area contributed by atoms with Gasteiger partial charge in [-0.15, -0.1) is 51.3 Å². The van der Waals surface area contributed by atoms with Crippen LogP contribution in [0.1, 0.15) is 11.4 Å². The van der Waals surface area contributed by atoms with Gasteiger partial charge in [0.05, 0.1) is 24.3 Å². The fourth-order valence-electron chi connectivity index (χ4n) is 4.42. The zero-order valence-electron chi connectivity index (χ0n) is 21.4. The minimum atomic E-state index is -1.22. The third-order valence-electron chi connectivity index (χ3n) is 6.34. The van der Waals surface area contributed by atoms with E-state index < -0.39 is 34.9 Å². The molecular weight excluding hydrogens is 613 g/mol. The van der Waals surface area contributed by atoms with E-state index in [9.17, 15) is 29.8 Å². The first-order valence-corrected chi connectivity index (χ1v) is 16.0. The summed E-state index contributed by atoms with van der Waals surface area (Å²) in [5.41, 5.74) is 6.77. The minimum Gasteiger partial charge on any atom is -0.477 e. The van der Waals surface area contributed by atoms with Gasteiger partial charge in [-0.05, 0) is 17.5 Å². The van der Waals surface area contributed by atoms with Crippen molar-refractivity contribution in [2.75, 3.05) is 23.8 Å².